The average molecular weight is 270 g/mol. The average Bonchev–Trinajstić information content (AvgIpc) is 2.69. The maximum Gasteiger partial charge on any atom is 0.0850 e. The first-order valence-electron chi connectivity index (χ1n) is 6.75. The molecular weight excluding hydrogens is 246 g/mol. The van der Waals surface area contributed by atoms with Crippen molar-refractivity contribution < 1.29 is 0 Å². The molecule has 1 saturated carbocycles. The second-order valence-electron chi connectivity index (χ2n) is 6.56. The molecule has 3 nitrogen and oxygen atoms in total. The van der Waals surface area contributed by atoms with E-state index in [0.717, 1.165) is 42.1 Å². The highest BCUT2D eigenvalue weighted by Gasteiger charge is 2.41. The van der Waals surface area contributed by atoms with Gasteiger partial charge in [-0.2, -0.15) is 5.10 Å². The number of nitrogens with two attached hydrogens (primary N) is 1. The molecule has 1 atom stereocenters. The van der Waals surface area contributed by atoms with Gasteiger partial charge in [-0.05, 0) is 31.1 Å². The molecule has 0 aliphatic heterocycles. The summed E-state index contributed by atoms with van der Waals surface area (Å²) in [7, 11) is 1.96. The molecule has 0 radical (unpaired) electrons. The Hall–Kier alpha value is -0.540. The Bertz CT molecular complexity index is 450. The molecule has 0 amide bonds. The monoisotopic (exact) mass is 269 g/mol. The smallest absolute Gasteiger partial charge is 0.0850 e. The molecule has 2 rings (SSSR count). The van der Waals surface area contributed by atoms with E-state index in [2.05, 4.69) is 25.9 Å². The fourth-order valence-electron chi connectivity index (χ4n) is 3.21. The zero-order valence-electron chi connectivity index (χ0n) is 11.9. The van der Waals surface area contributed by atoms with Crippen LogP contribution in [0, 0.1) is 5.41 Å². The predicted octanol–water partition coefficient (Wildman–Crippen LogP) is 3.09. The minimum atomic E-state index is -0.119. The molecule has 0 saturated heterocycles. The summed E-state index contributed by atoms with van der Waals surface area (Å²) in [6.45, 7) is 6.67. The Kier molecular flexibility index (Phi) is 3.50. The van der Waals surface area contributed by atoms with Crippen LogP contribution in [0.5, 0.6) is 0 Å². The molecule has 1 aliphatic rings. The maximum atomic E-state index is 6.56. The van der Waals surface area contributed by atoms with E-state index in [1.165, 1.54) is 6.42 Å². The number of nitrogens with zero attached hydrogens (tertiary/aromatic N) is 2. The number of aromatic nitrogens is 2. The van der Waals surface area contributed by atoms with Crippen LogP contribution in [-0.4, -0.2) is 15.3 Å². The quantitative estimate of drug-likeness (QED) is 0.916. The van der Waals surface area contributed by atoms with Crippen molar-refractivity contribution in [2.45, 2.75) is 58.4 Å². The van der Waals surface area contributed by atoms with Crippen LogP contribution in [0.25, 0.3) is 0 Å². The van der Waals surface area contributed by atoms with Crippen LogP contribution in [0.15, 0.2) is 0 Å². The summed E-state index contributed by atoms with van der Waals surface area (Å²) >= 11 is 6.40. The first-order valence-corrected chi connectivity index (χ1v) is 7.13. The topological polar surface area (TPSA) is 43.8 Å². The Morgan fingerprint density at radius 3 is 2.50 bits per heavy atom. The largest absolute Gasteiger partial charge is 0.325 e. The van der Waals surface area contributed by atoms with Crippen LogP contribution in [0.4, 0.5) is 0 Å². The van der Waals surface area contributed by atoms with E-state index < -0.39 is 0 Å². The standard InChI is InChI=1S/C14H24ClN3/c1-5-10-12(15)11(18(4)17-10)8-14(16)7-6-13(2,3)9-14/h5-9,16H2,1-4H3. The summed E-state index contributed by atoms with van der Waals surface area (Å²) in [4.78, 5) is 0. The lowest BCUT2D eigenvalue weighted by molar-refractivity contribution is 0.331. The summed E-state index contributed by atoms with van der Waals surface area (Å²) in [6.07, 6.45) is 5.03. The van der Waals surface area contributed by atoms with E-state index in [0.29, 0.717) is 5.41 Å². The Morgan fingerprint density at radius 2 is 2.06 bits per heavy atom. The molecule has 18 heavy (non-hydrogen) atoms. The summed E-state index contributed by atoms with van der Waals surface area (Å²) in [5.41, 5.74) is 8.86. The third-order valence-electron chi connectivity index (χ3n) is 4.15. The van der Waals surface area contributed by atoms with Crippen LogP contribution in [0.1, 0.15) is 51.4 Å². The fraction of sp³-hybridized carbons (Fsp3) is 0.786. The van der Waals surface area contributed by atoms with E-state index in [1.807, 2.05) is 11.7 Å². The molecule has 1 aromatic rings. The van der Waals surface area contributed by atoms with Crippen LogP contribution in [-0.2, 0) is 19.9 Å². The molecular formula is C14H24ClN3. The van der Waals surface area contributed by atoms with Crippen LogP contribution in [0.2, 0.25) is 5.02 Å². The molecule has 0 spiro atoms. The van der Waals surface area contributed by atoms with Crippen molar-refractivity contribution in [1.29, 1.82) is 0 Å². The lowest BCUT2D eigenvalue weighted by atomic mass is 9.86. The first kappa shape index (κ1) is 13.9. The second-order valence-corrected chi connectivity index (χ2v) is 6.94. The molecule has 0 aromatic carbocycles. The number of hydrogen-bond donors (Lipinski definition) is 1. The second kappa shape index (κ2) is 4.53. The van der Waals surface area contributed by atoms with E-state index in [1.54, 1.807) is 0 Å². The summed E-state index contributed by atoms with van der Waals surface area (Å²) in [5, 5.41) is 5.28. The van der Waals surface area contributed by atoms with E-state index in [4.69, 9.17) is 17.3 Å². The van der Waals surface area contributed by atoms with Crippen LogP contribution >= 0.6 is 11.6 Å². The van der Waals surface area contributed by atoms with Crippen molar-refractivity contribution in [2.75, 3.05) is 0 Å². The lowest BCUT2D eigenvalue weighted by Crippen LogP contribution is -2.40. The molecule has 1 aromatic heterocycles. The van der Waals surface area contributed by atoms with E-state index in [-0.39, 0.29) is 5.54 Å². The van der Waals surface area contributed by atoms with Gasteiger partial charge in [-0.1, -0.05) is 32.4 Å². The van der Waals surface area contributed by atoms with E-state index >= 15 is 0 Å². The molecule has 4 heteroatoms. The molecule has 1 heterocycles. The van der Waals surface area contributed by atoms with Gasteiger partial charge < -0.3 is 5.73 Å². The number of halogens is 1. The van der Waals surface area contributed by atoms with Gasteiger partial charge in [0.15, 0.2) is 0 Å². The van der Waals surface area contributed by atoms with Crippen molar-refractivity contribution in [3.63, 3.8) is 0 Å². The van der Waals surface area contributed by atoms with Gasteiger partial charge in [0.25, 0.3) is 0 Å². The molecule has 1 fully saturated rings. The van der Waals surface area contributed by atoms with Crippen molar-refractivity contribution in [3.8, 4) is 0 Å². The number of aryl methyl sites for hydroxylation is 2. The third-order valence-corrected chi connectivity index (χ3v) is 4.59. The van der Waals surface area contributed by atoms with Crippen LogP contribution in [0.3, 0.4) is 0 Å². The summed E-state index contributed by atoms with van der Waals surface area (Å²) in [6, 6.07) is 0. The summed E-state index contributed by atoms with van der Waals surface area (Å²) < 4.78 is 1.90. The molecule has 102 valence electrons. The van der Waals surface area contributed by atoms with Gasteiger partial charge in [0, 0.05) is 19.0 Å². The maximum absolute atomic E-state index is 6.56. The van der Waals surface area contributed by atoms with Gasteiger partial charge in [-0.25, -0.2) is 0 Å². The Labute approximate surface area is 115 Å². The Balaban J connectivity index is 2.22. The normalized spacial score (nSPS) is 26.8. The van der Waals surface area contributed by atoms with Gasteiger partial charge in [-0.3, -0.25) is 4.68 Å². The highest BCUT2D eigenvalue weighted by atomic mass is 35.5. The number of rotatable bonds is 3. The Morgan fingerprint density at radius 1 is 1.39 bits per heavy atom. The van der Waals surface area contributed by atoms with Gasteiger partial charge in [0.05, 0.1) is 16.4 Å². The van der Waals surface area contributed by atoms with Crippen molar-refractivity contribution in [3.05, 3.63) is 16.4 Å². The molecule has 2 N–H and O–H groups in total. The zero-order chi connectivity index (χ0) is 13.6. The van der Waals surface area contributed by atoms with Crippen molar-refractivity contribution in [1.82, 2.24) is 9.78 Å². The summed E-state index contributed by atoms with van der Waals surface area (Å²) in [5.74, 6) is 0. The molecule has 1 aliphatic carbocycles. The molecule has 0 bridgehead atoms. The minimum absolute atomic E-state index is 0.119. The molecule has 1 unspecified atom stereocenters. The highest BCUT2D eigenvalue weighted by Crippen LogP contribution is 2.44. The van der Waals surface area contributed by atoms with Crippen molar-refractivity contribution >= 4 is 11.6 Å². The van der Waals surface area contributed by atoms with Gasteiger partial charge in [-0.15, -0.1) is 0 Å². The number of hydrogen-bond acceptors (Lipinski definition) is 2. The third kappa shape index (κ3) is 2.57. The lowest BCUT2D eigenvalue weighted by Gasteiger charge is -2.26. The predicted molar refractivity (Wildman–Crippen MR) is 75.9 cm³/mol. The zero-order valence-corrected chi connectivity index (χ0v) is 12.6. The SMILES string of the molecule is CCc1nn(C)c(CC2(N)CCC(C)(C)C2)c1Cl. The van der Waals surface area contributed by atoms with Gasteiger partial charge >= 0.3 is 0 Å². The van der Waals surface area contributed by atoms with Gasteiger partial charge in [0.1, 0.15) is 0 Å². The van der Waals surface area contributed by atoms with E-state index in [9.17, 15) is 0 Å². The van der Waals surface area contributed by atoms with Gasteiger partial charge in [0.2, 0.25) is 0 Å². The first-order chi connectivity index (χ1) is 8.26. The van der Waals surface area contributed by atoms with Crippen molar-refractivity contribution in [2.24, 2.45) is 18.2 Å². The van der Waals surface area contributed by atoms with Crippen LogP contribution < -0.4 is 5.73 Å². The minimum Gasteiger partial charge on any atom is -0.325 e. The fourth-order valence-corrected chi connectivity index (χ4v) is 3.57. The highest BCUT2D eigenvalue weighted by molar-refractivity contribution is 6.31.